The second-order valence-corrected chi connectivity index (χ2v) is 10.5. The molecule has 2 aliphatic heterocycles. The Morgan fingerprint density at radius 1 is 0.970 bits per heavy atom. The van der Waals surface area contributed by atoms with E-state index in [0.717, 1.165) is 57.4 Å². The number of nitrogens with zero attached hydrogens (tertiary/aromatic N) is 3. The lowest BCUT2D eigenvalue weighted by Crippen LogP contribution is -2.32. The first-order valence-corrected chi connectivity index (χ1v) is 13.1. The normalized spacial score (nSPS) is 17.9. The molecule has 178 valence electrons. The Bertz CT molecular complexity index is 1080. The van der Waals surface area contributed by atoms with Crippen LogP contribution in [0.25, 0.3) is 0 Å². The van der Waals surface area contributed by atoms with Crippen molar-refractivity contribution in [3.63, 3.8) is 0 Å². The minimum atomic E-state index is -3.77. The summed E-state index contributed by atoms with van der Waals surface area (Å²) in [6, 6.07) is 8.17. The first kappa shape index (κ1) is 23.5. The number of hydrogen-bond acceptors (Lipinski definition) is 6. The van der Waals surface area contributed by atoms with Gasteiger partial charge in [-0.3, -0.25) is 4.79 Å². The van der Waals surface area contributed by atoms with Crippen LogP contribution in [0.1, 0.15) is 55.3 Å². The summed E-state index contributed by atoms with van der Waals surface area (Å²) in [7, 11) is -2.33. The number of nitrogens with one attached hydrogen (secondary N) is 1. The fourth-order valence-electron chi connectivity index (χ4n) is 4.49. The number of aromatic nitrogens is 1. The summed E-state index contributed by atoms with van der Waals surface area (Å²) in [5.41, 5.74) is 0.884. The van der Waals surface area contributed by atoms with Crippen LogP contribution in [0.3, 0.4) is 0 Å². The fraction of sp³-hybridized carbons (Fsp3) is 0.500. The number of piperidine rings is 1. The number of carbonyl (C=O) groups is 1. The molecule has 2 saturated heterocycles. The molecule has 0 spiro atoms. The van der Waals surface area contributed by atoms with Crippen molar-refractivity contribution >= 4 is 27.4 Å². The quantitative estimate of drug-likeness (QED) is 0.686. The van der Waals surface area contributed by atoms with Crippen LogP contribution in [0.5, 0.6) is 5.75 Å². The van der Waals surface area contributed by atoms with Crippen molar-refractivity contribution < 1.29 is 17.9 Å². The maximum Gasteiger partial charge on any atom is 0.255 e. The lowest BCUT2D eigenvalue weighted by atomic mass is 10.1. The van der Waals surface area contributed by atoms with E-state index in [9.17, 15) is 13.2 Å². The average Bonchev–Trinajstić information content (AvgIpc) is 3.15. The van der Waals surface area contributed by atoms with Crippen molar-refractivity contribution in [1.82, 2.24) is 9.29 Å². The van der Waals surface area contributed by atoms with Crippen molar-refractivity contribution in [1.29, 1.82) is 0 Å². The Balaban J connectivity index is 1.61. The smallest absolute Gasteiger partial charge is 0.255 e. The van der Waals surface area contributed by atoms with Crippen LogP contribution in [-0.2, 0) is 10.0 Å². The van der Waals surface area contributed by atoms with Gasteiger partial charge in [0.15, 0.2) is 5.82 Å². The fourth-order valence-corrected chi connectivity index (χ4v) is 6.19. The van der Waals surface area contributed by atoms with Crippen LogP contribution in [-0.4, -0.2) is 56.9 Å². The van der Waals surface area contributed by atoms with Crippen LogP contribution in [0.4, 0.5) is 11.5 Å². The molecule has 9 heteroatoms. The van der Waals surface area contributed by atoms with Crippen molar-refractivity contribution in [2.75, 3.05) is 43.5 Å². The van der Waals surface area contributed by atoms with Crippen LogP contribution in [0.15, 0.2) is 41.4 Å². The molecule has 8 nitrogen and oxygen atoms in total. The zero-order chi connectivity index (χ0) is 23.3. The number of anilines is 2. The number of benzene rings is 1. The van der Waals surface area contributed by atoms with Crippen molar-refractivity contribution in [2.24, 2.45) is 0 Å². The van der Waals surface area contributed by atoms with Gasteiger partial charge in [-0.05, 0) is 62.4 Å². The van der Waals surface area contributed by atoms with Crippen LogP contribution >= 0.6 is 0 Å². The topological polar surface area (TPSA) is 91.8 Å². The highest BCUT2D eigenvalue weighted by Crippen LogP contribution is 2.31. The summed E-state index contributed by atoms with van der Waals surface area (Å²) in [5.74, 6) is 0.610. The summed E-state index contributed by atoms with van der Waals surface area (Å²) in [6.07, 6.45) is 8.83. The highest BCUT2D eigenvalue weighted by atomic mass is 32.2. The van der Waals surface area contributed by atoms with E-state index >= 15 is 0 Å². The molecular weight excluding hydrogens is 440 g/mol. The van der Waals surface area contributed by atoms with Gasteiger partial charge in [-0.15, -0.1) is 0 Å². The predicted molar refractivity (Wildman–Crippen MR) is 128 cm³/mol. The standard InChI is InChI=1S/C24H32N4O4S/c1-32-21-12-11-19(18-22(21)33(30,31)28-16-7-2-3-8-17-28)24(29)26-20-10-9-13-25-23(20)27-14-5-4-6-15-27/h9-13,18H,2-8,14-17H2,1H3,(H,26,29). The van der Waals surface area contributed by atoms with E-state index < -0.39 is 10.0 Å². The molecule has 0 radical (unpaired) electrons. The van der Waals surface area contributed by atoms with Crippen molar-refractivity contribution in [3.05, 3.63) is 42.1 Å². The third-order valence-corrected chi connectivity index (χ3v) is 8.22. The molecule has 2 fully saturated rings. The molecule has 1 N–H and O–H groups in total. The van der Waals surface area contributed by atoms with Gasteiger partial charge in [0, 0.05) is 37.9 Å². The van der Waals surface area contributed by atoms with Gasteiger partial charge < -0.3 is 15.0 Å². The average molecular weight is 473 g/mol. The number of rotatable bonds is 6. The molecule has 0 saturated carbocycles. The Hall–Kier alpha value is -2.65. The third kappa shape index (κ3) is 5.30. The summed E-state index contributed by atoms with van der Waals surface area (Å²) in [5, 5.41) is 2.94. The Morgan fingerprint density at radius 2 is 1.64 bits per heavy atom. The Kier molecular flexibility index (Phi) is 7.49. The van der Waals surface area contributed by atoms with Crippen LogP contribution in [0.2, 0.25) is 0 Å². The predicted octanol–water partition coefficient (Wildman–Crippen LogP) is 3.90. The number of sulfonamides is 1. The molecule has 0 unspecified atom stereocenters. The molecule has 0 atom stereocenters. The van der Waals surface area contributed by atoms with Crippen molar-refractivity contribution in [2.45, 2.75) is 49.8 Å². The second-order valence-electron chi connectivity index (χ2n) is 8.56. The zero-order valence-electron chi connectivity index (χ0n) is 19.1. The highest BCUT2D eigenvalue weighted by molar-refractivity contribution is 7.89. The van der Waals surface area contributed by atoms with E-state index in [0.29, 0.717) is 18.8 Å². The Labute approximate surface area is 196 Å². The largest absolute Gasteiger partial charge is 0.495 e. The monoisotopic (exact) mass is 472 g/mol. The maximum atomic E-state index is 13.4. The van der Waals surface area contributed by atoms with E-state index in [1.807, 2.05) is 6.07 Å². The molecule has 0 aliphatic carbocycles. The molecule has 4 rings (SSSR count). The SMILES string of the molecule is COc1ccc(C(=O)Nc2cccnc2N2CCCCC2)cc1S(=O)(=O)N1CCCCCC1. The lowest BCUT2D eigenvalue weighted by molar-refractivity contribution is 0.102. The van der Waals surface area contributed by atoms with Gasteiger partial charge in [0.25, 0.3) is 5.91 Å². The highest BCUT2D eigenvalue weighted by Gasteiger charge is 2.29. The second kappa shape index (κ2) is 10.5. The van der Waals surface area contributed by atoms with Gasteiger partial charge in [-0.1, -0.05) is 12.8 Å². The number of carbonyl (C=O) groups excluding carboxylic acids is 1. The molecule has 33 heavy (non-hydrogen) atoms. The molecule has 1 aromatic heterocycles. The van der Waals surface area contributed by atoms with Gasteiger partial charge in [0.05, 0.1) is 12.8 Å². The van der Waals surface area contributed by atoms with Crippen molar-refractivity contribution in [3.8, 4) is 5.75 Å². The molecule has 1 aromatic carbocycles. The van der Waals surface area contributed by atoms with Gasteiger partial charge >= 0.3 is 0 Å². The van der Waals surface area contributed by atoms with E-state index in [-0.39, 0.29) is 22.1 Å². The van der Waals surface area contributed by atoms with E-state index in [4.69, 9.17) is 4.74 Å². The molecule has 3 heterocycles. The van der Waals surface area contributed by atoms with Gasteiger partial charge in [0.2, 0.25) is 10.0 Å². The molecule has 2 aliphatic rings. The number of pyridine rings is 1. The Morgan fingerprint density at radius 3 is 2.33 bits per heavy atom. The van der Waals surface area contributed by atoms with E-state index in [1.165, 1.54) is 23.9 Å². The number of hydrogen-bond donors (Lipinski definition) is 1. The minimum absolute atomic E-state index is 0.0296. The van der Waals surface area contributed by atoms with Gasteiger partial charge in [0.1, 0.15) is 10.6 Å². The van der Waals surface area contributed by atoms with Gasteiger partial charge in [-0.2, -0.15) is 4.31 Å². The number of ether oxygens (including phenoxy) is 1. The first-order chi connectivity index (χ1) is 16.0. The molecule has 0 bridgehead atoms. The van der Waals surface area contributed by atoms with Gasteiger partial charge in [-0.25, -0.2) is 13.4 Å². The third-order valence-electron chi connectivity index (χ3n) is 6.30. The molecule has 2 aromatic rings. The molecular formula is C24H32N4O4S. The summed E-state index contributed by atoms with van der Waals surface area (Å²) in [6.45, 7) is 2.77. The summed E-state index contributed by atoms with van der Waals surface area (Å²) < 4.78 is 33.7. The molecule has 1 amide bonds. The number of amides is 1. The van der Waals surface area contributed by atoms with Crippen LogP contribution < -0.4 is 15.0 Å². The maximum absolute atomic E-state index is 13.4. The first-order valence-electron chi connectivity index (χ1n) is 11.7. The van der Waals surface area contributed by atoms with Crippen LogP contribution in [0, 0.1) is 0 Å². The van der Waals surface area contributed by atoms with E-state index in [1.54, 1.807) is 24.4 Å². The minimum Gasteiger partial charge on any atom is -0.495 e. The zero-order valence-corrected chi connectivity index (χ0v) is 19.9. The lowest BCUT2D eigenvalue weighted by Gasteiger charge is -2.29. The summed E-state index contributed by atoms with van der Waals surface area (Å²) in [4.78, 5) is 19.9. The summed E-state index contributed by atoms with van der Waals surface area (Å²) >= 11 is 0. The van der Waals surface area contributed by atoms with E-state index in [2.05, 4.69) is 15.2 Å². The number of methoxy groups -OCH3 is 1.